The summed E-state index contributed by atoms with van der Waals surface area (Å²) >= 11 is 1.63. The number of nitrogens with one attached hydrogen (secondary N) is 1. The number of aromatic nitrogens is 4. The second-order valence-corrected chi connectivity index (χ2v) is 9.61. The first-order valence-electron chi connectivity index (χ1n) is 11.5. The average Bonchev–Trinajstić information content (AvgIpc) is 3.45. The number of thiophene rings is 1. The van der Waals surface area contributed by atoms with Crippen molar-refractivity contribution < 1.29 is 9.53 Å². The van der Waals surface area contributed by atoms with Gasteiger partial charge < -0.3 is 14.6 Å². The van der Waals surface area contributed by atoms with Crippen molar-refractivity contribution in [1.82, 2.24) is 24.4 Å². The minimum atomic E-state index is -0.482. The van der Waals surface area contributed by atoms with Gasteiger partial charge in [0, 0.05) is 42.8 Å². The van der Waals surface area contributed by atoms with Gasteiger partial charge in [0.15, 0.2) is 0 Å². The summed E-state index contributed by atoms with van der Waals surface area (Å²) in [6.45, 7) is 0.261. The number of methoxy groups -OCH3 is 1. The van der Waals surface area contributed by atoms with Gasteiger partial charge in [0.1, 0.15) is 22.4 Å². The smallest absolute Gasteiger partial charge is 0.262 e. The van der Waals surface area contributed by atoms with Crippen LogP contribution in [0.1, 0.15) is 47.1 Å². The Kier molecular flexibility index (Phi) is 6.19. The summed E-state index contributed by atoms with van der Waals surface area (Å²) in [6.07, 6.45) is 9.48. The number of hydrogen-bond acceptors (Lipinski definition) is 6. The quantitative estimate of drug-likeness (QED) is 0.441. The summed E-state index contributed by atoms with van der Waals surface area (Å²) in [7, 11) is 3.49. The molecular weight excluding hydrogens is 450 g/mol. The third kappa shape index (κ3) is 4.11. The van der Waals surface area contributed by atoms with Crippen LogP contribution in [0.25, 0.3) is 10.2 Å². The van der Waals surface area contributed by atoms with Crippen molar-refractivity contribution in [2.24, 2.45) is 7.05 Å². The molecule has 0 aliphatic heterocycles. The topological polar surface area (TPSA) is 91.0 Å². The molecule has 1 aliphatic carbocycles. The molecule has 9 heteroatoms. The number of hydrogen-bond donors (Lipinski definition) is 1. The first kappa shape index (κ1) is 22.3. The maximum Gasteiger partial charge on any atom is 0.262 e. The molecule has 3 heterocycles. The molecule has 0 unspecified atom stereocenters. The molecule has 1 N–H and O–H groups in total. The first-order valence-corrected chi connectivity index (χ1v) is 12.3. The fraction of sp³-hybridized carbons (Fsp3) is 0.360. The molecule has 0 spiro atoms. The lowest BCUT2D eigenvalue weighted by atomic mass is 9.97. The fourth-order valence-electron chi connectivity index (χ4n) is 4.64. The summed E-state index contributed by atoms with van der Waals surface area (Å²) in [4.78, 5) is 37.3. The minimum absolute atomic E-state index is 0.0532. The highest BCUT2D eigenvalue weighted by atomic mass is 32.1. The van der Waals surface area contributed by atoms with Crippen molar-refractivity contribution in [1.29, 1.82) is 0 Å². The van der Waals surface area contributed by atoms with E-state index in [4.69, 9.17) is 4.74 Å². The Balaban J connectivity index is 1.37. The second-order valence-electron chi connectivity index (χ2n) is 8.52. The molecule has 5 rings (SSSR count). The summed E-state index contributed by atoms with van der Waals surface area (Å²) in [5, 5.41) is 3.83. The number of imidazole rings is 1. The number of fused-ring (bicyclic) bond motifs is 3. The van der Waals surface area contributed by atoms with Crippen molar-refractivity contribution in [3.63, 3.8) is 0 Å². The van der Waals surface area contributed by atoms with E-state index in [0.29, 0.717) is 11.6 Å². The van der Waals surface area contributed by atoms with Crippen molar-refractivity contribution >= 4 is 27.5 Å². The van der Waals surface area contributed by atoms with Crippen LogP contribution in [-0.4, -0.2) is 32.1 Å². The lowest BCUT2D eigenvalue weighted by Gasteiger charge is -2.21. The van der Waals surface area contributed by atoms with Crippen molar-refractivity contribution in [2.75, 3.05) is 7.11 Å². The third-order valence-electron chi connectivity index (χ3n) is 6.39. The Morgan fingerprint density at radius 1 is 1.24 bits per heavy atom. The number of benzene rings is 1. The van der Waals surface area contributed by atoms with E-state index in [1.54, 1.807) is 35.5 Å². The van der Waals surface area contributed by atoms with Crippen LogP contribution in [0.3, 0.4) is 0 Å². The van der Waals surface area contributed by atoms with Crippen molar-refractivity contribution in [2.45, 2.75) is 44.7 Å². The predicted octanol–water partition coefficient (Wildman–Crippen LogP) is 3.37. The van der Waals surface area contributed by atoms with Crippen LogP contribution in [0, 0.1) is 0 Å². The summed E-state index contributed by atoms with van der Waals surface area (Å²) < 4.78 is 8.96. The number of carbonyl (C=O) groups excluding carboxylic acids is 1. The van der Waals surface area contributed by atoms with E-state index in [1.165, 1.54) is 4.88 Å². The maximum absolute atomic E-state index is 13.2. The lowest BCUT2D eigenvalue weighted by Crippen LogP contribution is -2.33. The summed E-state index contributed by atoms with van der Waals surface area (Å²) in [5.41, 5.74) is 1.92. The number of nitrogens with zero attached hydrogens (tertiary/aromatic N) is 4. The van der Waals surface area contributed by atoms with Gasteiger partial charge in [0.05, 0.1) is 18.8 Å². The Morgan fingerprint density at radius 3 is 2.85 bits per heavy atom. The van der Waals surface area contributed by atoms with E-state index in [2.05, 4.69) is 15.3 Å². The van der Waals surface area contributed by atoms with E-state index < -0.39 is 6.04 Å². The summed E-state index contributed by atoms with van der Waals surface area (Å²) in [6, 6.07) is 7.09. The van der Waals surface area contributed by atoms with Gasteiger partial charge >= 0.3 is 0 Å². The van der Waals surface area contributed by atoms with Gasteiger partial charge in [-0.2, -0.15) is 0 Å². The highest BCUT2D eigenvalue weighted by Gasteiger charge is 2.24. The van der Waals surface area contributed by atoms with Crippen LogP contribution in [-0.2, 0) is 31.2 Å². The van der Waals surface area contributed by atoms with E-state index in [-0.39, 0.29) is 24.4 Å². The minimum Gasteiger partial charge on any atom is -0.496 e. The molecule has 4 aromatic rings. The first-order chi connectivity index (χ1) is 16.6. The molecule has 1 atom stereocenters. The van der Waals surface area contributed by atoms with Gasteiger partial charge in [0.25, 0.3) is 5.56 Å². The van der Waals surface area contributed by atoms with E-state index in [9.17, 15) is 9.59 Å². The molecule has 0 radical (unpaired) electrons. The Hall–Kier alpha value is -3.46. The Morgan fingerprint density at radius 2 is 2.06 bits per heavy atom. The largest absolute Gasteiger partial charge is 0.496 e. The van der Waals surface area contributed by atoms with Crippen molar-refractivity contribution in [3.8, 4) is 5.75 Å². The predicted molar refractivity (Wildman–Crippen MR) is 131 cm³/mol. The van der Waals surface area contributed by atoms with Gasteiger partial charge in [-0.25, -0.2) is 9.97 Å². The maximum atomic E-state index is 13.2. The van der Waals surface area contributed by atoms with Gasteiger partial charge in [-0.3, -0.25) is 14.2 Å². The lowest BCUT2D eigenvalue weighted by molar-refractivity contribution is -0.121. The Labute approximate surface area is 201 Å². The number of carbonyl (C=O) groups is 1. The van der Waals surface area contributed by atoms with Crippen molar-refractivity contribution in [3.05, 3.63) is 75.2 Å². The number of para-hydroxylation sites is 1. The number of amides is 1. The second kappa shape index (κ2) is 9.42. The molecule has 0 saturated heterocycles. The van der Waals surface area contributed by atoms with E-state index >= 15 is 0 Å². The normalized spacial score (nSPS) is 14.1. The monoisotopic (exact) mass is 477 g/mol. The van der Waals surface area contributed by atoms with Crippen LogP contribution in [0.15, 0.2) is 47.8 Å². The summed E-state index contributed by atoms with van der Waals surface area (Å²) in [5.74, 6) is 1.19. The fourth-order valence-corrected chi connectivity index (χ4v) is 5.86. The van der Waals surface area contributed by atoms with Crippen LogP contribution >= 0.6 is 11.3 Å². The van der Waals surface area contributed by atoms with Crippen LogP contribution < -0.4 is 15.6 Å². The van der Waals surface area contributed by atoms with Gasteiger partial charge in [-0.15, -0.1) is 11.3 Å². The molecule has 0 fully saturated rings. The molecule has 0 saturated carbocycles. The standard InChI is InChI=1S/C25H27N5O3S/c1-29-14-12-26-23(29)22(16-7-3-5-9-18(16)33-2)28-20(31)11-13-30-15-27-24-21(25(30)32)17-8-4-6-10-19(17)34-24/h3,5,7,9,12,14-15,22H,4,6,8,10-11,13H2,1-2H3,(H,28,31)/t22-/m1/s1. The molecule has 176 valence electrons. The van der Waals surface area contributed by atoms with Gasteiger partial charge in [-0.1, -0.05) is 18.2 Å². The number of rotatable bonds is 7. The zero-order valence-electron chi connectivity index (χ0n) is 19.3. The van der Waals surface area contributed by atoms with Crippen LogP contribution in [0.2, 0.25) is 0 Å². The average molecular weight is 478 g/mol. The third-order valence-corrected chi connectivity index (χ3v) is 7.59. The van der Waals surface area contributed by atoms with Gasteiger partial charge in [-0.05, 0) is 37.3 Å². The molecule has 1 aliphatic rings. The number of ether oxygens (including phenoxy) is 1. The zero-order valence-corrected chi connectivity index (χ0v) is 20.1. The highest BCUT2D eigenvalue weighted by molar-refractivity contribution is 7.18. The van der Waals surface area contributed by atoms with Crippen LogP contribution in [0.5, 0.6) is 5.75 Å². The molecule has 34 heavy (non-hydrogen) atoms. The zero-order chi connectivity index (χ0) is 23.7. The Bertz CT molecular complexity index is 1400. The highest BCUT2D eigenvalue weighted by Crippen LogP contribution is 2.33. The van der Waals surface area contributed by atoms with Crippen LogP contribution in [0.4, 0.5) is 0 Å². The SMILES string of the molecule is COc1ccccc1[C@@H](NC(=O)CCn1cnc2sc3c(c2c1=O)CCCC3)c1nccn1C. The number of aryl methyl sites for hydroxylation is 4. The molecule has 1 aromatic carbocycles. The molecular formula is C25H27N5O3S. The molecule has 1 amide bonds. The molecule has 0 bridgehead atoms. The molecule has 8 nitrogen and oxygen atoms in total. The van der Waals surface area contributed by atoms with Gasteiger partial charge in [0.2, 0.25) is 5.91 Å². The van der Waals surface area contributed by atoms with E-state index in [0.717, 1.165) is 47.0 Å². The molecule has 3 aromatic heterocycles. The van der Waals surface area contributed by atoms with E-state index in [1.807, 2.05) is 42.1 Å².